The summed E-state index contributed by atoms with van der Waals surface area (Å²) in [4.78, 5) is 8.70. The normalized spacial score (nSPS) is 14.2. The van der Waals surface area contributed by atoms with E-state index in [0.29, 0.717) is 17.3 Å². The zero-order valence-electron chi connectivity index (χ0n) is 10.2. The second-order valence-electron chi connectivity index (χ2n) is 4.37. The Hall–Kier alpha value is -2.14. The Morgan fingerprint density at radius 3 is 2.84 bits per heavy atom. The van der Waals surface area contributed by atoms with Crippen LogP contribution in [0.3, 0.4) is 0 Å². The van der Waals surface area contributed by atoms with Crippen molar-refractivity contribution >= 4 is 28.8 Å². The minimum Gasteiger partial charge on any atom is -0.494 e. The highest BCUT2D eigenvalue weighted by molar-refractivity contribution is 6.32. The molecule has 19 heavy (non-hydrogen) atoms. The van der Waals surface area contributed by atoms with Crippen molar-refractivity contribution in [1.82, 2.24) is 4.98 Å². The predicted octanol–water partition coefficient (Wildman–Crippen LogP) is 3.15. The number of rotatable bonds is 1. The molecule has 0 bridgehead atoms. The number of hydrogen-bond acceptors (Lipinski definition) is 4. The largest absolute Gasteiger partial charge is 0.494 e. The zero-order chi connectivity index (χ0) is 13.6. The predicted molar refractivity (Wildman–Crippen MR) is 74.5 cm³/mol. The van der Waals surface area contributed by atoms with Crippen LogP contribution in [0, 0.1) is 0 Å². The van der Waals surface area contributed by atoms with Crippen molar-refractivity contribution in [1.29, 1.82) is 0 Å². The number of anilines is 1. The van der Waals surface area contributed by atoms with Gasteiger partial charge in [0.15, 0.2) is 5.88 Å². The summed E-state index contributed by atoms with van der Waals surface area (Å²) in [5, 5.41) is 19.8. The summed E-state index contributed by atoms with van der Waals surface area (Å²) in [6.07, 6.45) is 0. The molecule has 2 heterocycles. The van der Waals surface area contributed by atoms with Gasteiger partial charge < -0.3 is 15.1 Å². The number of fused-ring (bicyclic) bond motifs is 1. The molecule has 1 aliphatic heterocycles. The van der Waals surface area contributed by atoms with E-state index in [2.05, 4.69) is 9.98 Å². The Balaban J connectivity index is 2.08. The lowest BCUT2D eigenvalue weighted by Gasteiger charge is -2.28. The van der Waals surface area contributed by atoms with Gasteiger partial charge in [-0.2, -0.15) is 0 Å². The molecule has 0 unspecified atom stereocenters. The number of aromatic nitrogens is 1. The molecule has 1 aliphatic rings. The number of halogens is 1. The van der Waals surface area contributed by atoms with E-state index in [1.54, 1.807) is 4.90 Å². The smallest absolute Gasteiger partial charge is 0.215 e. The molecule has 0 atom stereocenters. The maximum absolute atomic E-state index is 9.77. The summed E-state index contributed by atoms with van der Waals surface area (Å²) >= 11 is 6.17. The van der Waals surface area contributed by atoms with Crippen molar-refractivity contribution in [2.45, 2.75) is 13.5 Å². The van der Waals surface area contributed by atoms with Crippen LogP contribution in [-0.4, -0.2) is 21.0 Å². The molecule has 0 fully saturated rings. The highest BCUT2D eigenvalue weighted by Crippen LogP contribution is 2.38. The van der Waals surface area contributed by atoms with E-state index >= 15 is 0 Å². The molecule has 0 radical (unpaired) electrons. The van der Waals surface area contributed by atoms with Crippen LogP contribution in [0.15, 0.2) is 29.3 Å². The lowest BCUT2D eigenvalue weighted by atomic mass is 10.1. The molecule has 0 spiro atoms. The number of H-pyrrole nitrogens is 1. The molecule has 98 valence electrons. The standard InChI is InChI=1S/C13H12ClN3O2/c1-7-15-10-4-2-3-9(14)8(10)6-17(7)11-5-12(18)16-13(11)19/h2-5,16,18-19H,6H2,1H3. The fourth-order valence-electron chi connectivity index (χ4n) is 2.20. The van der Waals surface area contributed by atoms with Crippen molar-refractivity contribution in [3.8, 4) is 11.8 Å². The lowest BCUT2D eigenvalue weighted by molar-refractivity contribution is 0.425. The zero-order valence-corrected chi connectivity index (χ0v) is 10.9. The van der Waals surface area contributed by atoms with Crippen LogP contribution in [0.25, 0.3) is 0 Å². The molecule has 0 aliphatic carbocycles. The highest BCUT2D eigenvalue weighted by Gasteiger charge is 2.23. The number of aliphatic imine (C=N–C) groups is 1. The monoisotopic (exact) mass is 277 g/mol. The maximum Gasteiger partial charge on any atom is 0.215 e. The van der Waals surface area contributed by atoms with Gasteiger partial charge in [-0.15, -0.1) is 0 Å². The minimum absolute atomic E-state index is 0.0924. The molecule has 2 aromatic rings. The summed E-state index contributed by atoms with van der Waals surface area (Å²) in [7, 11) is 0. The van der Waals surface area contributed by atoms with Crippen molar-refractivity contribution in [3.63, 3.8) is 0 Å². The van der Waals surface area contributed by atoms with E-state index in [4.69, 9.17) is 11.6 Å². The fraction of sp³-hybridized carbons (Fsp3) is 0.154. The third-order valence-electron chi connectivity index (χ3n) is 3.14. The van der Waals surface area contributed by atoms with Gasteiger partial charge in [0.05, 0.1) is 12.2 Å². The molecule has 0 amide bonds. The van der Waals surface area contributed by atoms with Gasteiger partial charge in [0.1, 0.15) is 11.5 Å². The lowest BCUT2D eigenvalue weighted by Crippen LogP contribution is -2.30. The van der Waals surface area contributed by atoms with Crippen LogP contribution in [0.4, 0.5) is 11.4 Å². The summed E-state index contributed by atoms with van der Waals surface area (Å²) in [5.74, 6) is 0.539. The first-order valence-corrected chi connectivity index (χ1v) is 6.15. The number of benzene rings is 1. The summed E-state index contributed by atoms with van der Waals surface area (Å²) in [6, 6.07) is 7.02. The van der Waals surface area contributed by atoms with Gasteiger partial charge in [-0.1, -0.05) is 17.7 Å². The third-order valence-corrected chi connectivity index (χ3v) is 3.49. The molecule has 1 aromatic heterocycles. The first-order valence-electron chi connectivity index (χ1n) is 5.77. The van der Waals surface area contributed by atoms with Crippen LogP contribution in [0.5, 0.6) is 11.8 Å². The molecule has 1 aromatic carbocycles. The van der Waals surface area contributed by atoms with Crippen LogP contribution in [0.1, 0.15) is 12.5 Å². The van der Waals surface area contributed by atoms with Gasteiger partial charge in [-0.25, -0.2) is 4.99 Å². The van der Waals surface area contributed by atoms with Crippen molar-refractivity contribution in [2.24, 2.45) is 4.99 Å². The van der Waals surface area contributed by atoms with E-state index in [0.717, 1.165) is 17.1 Å². The SMILES string of the molecule is CC1=Nc2cccc(Cl)c2CN1c1cc(O)[nH]c1O. The molecule has 6 heteroatoms. The Morgan fingerprint density at radius 1 is 1.37 bits per heavy atom. The number of nitrogens with one attached hydrogen (secondary N) is 1. The number of amidine groups is 1. The van der Waals surface area contributed by atoms with E-state index in [-0.39, 0.29) is 11.8 Å². The van der Waals surface area contributed by atoms with Crippen LogP contribution >= 0.6 is 11.6 Å². The Kier molecular flexibility index (Phi) is 2.64. The first-order chi connectivity index (χ1) is 9.06. The summed E-state index contributed by atoms with van der Waals surface area (Å²) in [5.41, 5.74) is 2.21. The second kappa shape index (κ2) is 4.20. The number of aromatic amines is 1. The number of aromatic hydroxyl groups is 2. The molecular weight excluding hydrogens is 266 g/mol. The van der Waals surface area contributed by atoms with Gasteiger partial charge in [-0.05, 0) is 19.1 Å². The van der Waals surface area contributed by atoms with Crippen LogP contribution < -0.4 is 4.90 Å². The quantitative estimate of drug-likeness (QED) is 0.750. The molecule has 0 saturated heterocycles. The molecular formula is C13H12ClN3O2. The van der Waals surface area contributed by atoms with E-state index in [1.165, 1.54) is 6.07 Å². The van der Waals surface area contributed by atoms with E-state index < -0.39 is 0 Å². The molecule has 3 N–H and O–H groups in total. The minimum atomic E-state index is -0.0949. The van der Waals surface area contributed by atoms with E-state index in [9.17, 15) is 10.2 Å². The Labute approximate surface area is 114 Å². The van der Waals surface area contributed by atoms with Crippen molar-refractivity contribution in [3.05, 3.63) is 34.9 Å². The Morgan fingerprint density at radius 2 is 2.16 bits per heavy atom. The number of nitrogens with zero attached hydrogens (tertiary/aromatic N) is 2. The summed E-state index contributed by atoms with van der Waals surface area (Å²) < 4.78 is 0. The topological polar surface area (TPSA) is 71.8 Å². The maximum atomic E-state index is 9.77. The first kappa shape index (κ1) is 11.9. The summed E-state index contributed by atoms with van der Waals surface area (Å²) in [6.45, 7) is 2.34. The second-order valence-corrected chi connectivity index (χ2v) is 4.78. The highest BCUT2D eigenvalue weighted by atomic mass is 35.5. The van der Waals surface area contributed by atoms with Gasteiger partial charge in [0.25, 0.3) is 0 Å². The van der Waals surface area contributed by atoms with Gasteiger partial charge in [0, 0.05) is 16.7 Å². The van der Waals surface area contributed by atoms with Gasteiger partial charge in [-0.3, -0.25) is 4.98 Å². The van der Waals surface area contributed by atoms with E-state index in [1.807, 2.05) is 25.1 Å². The molecule has 5 nitrogen and oxygen atoms in total. The third kappa shape index (κ3) is 1.92. The molecule has 3 rings (SSSR count). The average Bonchev–Trinajstić information content (AvgIpc) is 2.68. The Bertz CT molecular complexity index is 679. The van der Waals surface area contributed by atoms with Gasteiger partial charge >= 0.3 is 0 Å². The van der Waals surface area contributed by atoms with Gasteiger partial charge in [0.2, 0.25) is 5.88 Å². The van der Waals surface area contributed by atoms with Crippen molar-refractivity contribution < 1.29 is 10.2 Å². The fourth-order valence-corrected chi connectivity index (χ4v) is 2.43. The van der Waals surface area contributed by atoms with Crippen LogP contribution in [-0.2, 0) is 6.54 Å². The number of hydrogen-bond donors (Lipinski definition) is 3. The molecule has 0 saturated carbocycles. The average molecular weight is 278 g/mol. The van der Waals surface area contributed by atoms with Crippen LogP contribution in [0.2, 0.25) is 5.02 Å². The van der Waals surface area contributed by atoms with Crippen molar-refractivity contribution in [2.75, 3.05) is 4.90 Å².